The van der Waals surface area contributed by atoms with Gasteiger partial charge in [-0.15, -0.1) is 23.7 Å². The van der Waals surface area contributed by atoms with Gasteiger partial charge in [-0.2, -0.15) is 5.10 Å². The smallest absolute Gasteiger partial charge is 0.264 e. The number of thiophene rings is 1. The van der Waals surface area contributed by atoms with E-state index in [-0.39, 0.29) is 18.3 Å². The zero-order valence-corrected chi connectivity index (χ0v) is 16.8. The normalized spacial score (nSPS) is 23.6. The molecule has 0 bridgehead atoms. The largest absolute Gasteiger partial charge is 0.338 e. The summed E-state index contributed by atoms with van der Waals surface area (Å²) in [6, 6.07) is 2.07. The van der Waals surface area contributed by atoms with E-state index < -0.39 is 0 Å². The lowest BCUT2D eigenvalue weighted by atomic mass is 9.92. The molecular weight excluding hydrogens is 356 g/mol. The maximum Gasteiger partial charge on any atom is 0.264 e. The molecule has 2 aromatic rings. The zero-order valence-electron chi connectivity index (χ0n) is 15.1. The monoisotopic (exact) mass is 382 g/mol. The molecule has 1 amide bonds. The highest BCUT2D eigenvalue weighted by atomic mass is 35.5. The van der Waals surface area contributed by atoms with Gasteiger partial charge in [-0.3, -0.25) is 9.48 Å². The molecule has 2 fully saturated rings. The third-order valence-corrected chi connectivity index (χ3v) is 6.79. The number of carbonyl (C=O) groups excluding carboxylic acids is 1. The van der Waals surface area contributed by atoms with E-state index >= 15 is 0 Å². The summed E-state index contributed by atoms with van der Waals surface area (Å²) < 4.78 is 1.92. The number of amides is 1. The van der Waals surface area contributed by atoms with Gasteiger partial charge in [0.2, 0.25) is 0 Å². The fraction of sp³-hybridized carbons (Fsp3) is 0.667. The van der Waals surface area contributed by atoms with Crippen LogP contribution >= 0.6 is 23.7 Å². The van der Waals surface area contributed by atoms with Crippen LogP contribution in [0.4, 0.5) is 0 Å². The van der Waals surface area contributed by atoms with Gasteiger partial charge in [0.15, 0.2) is 0 Å². The Morgan fingerprint density at radius 3 is 2.52 bits per heavy atom. The molecule has 138 valence electrons. The predicted octanol–water partition coefficient (Wildman–Crippen LogP) is 3.25. The van der Waals surface area contributed by atoms with Crippen molar-refractivity contribution in [2.45, 2.75) is 32.6 Å². The van der Waals surface area contributed by atoms with Crippen molar-refractivity contribution in [3.63, 3.8) is 0 Å². The van der Waals surface area contributed by atoms with E-state index in [0.717, 1.165) is 71.6 Å². The number of rotatable bonds is 2. The molecule has 25 heavy (non-hydrogen) atoms. The molecule has 4 heterocycles. The molecule has 0 saturated carbocycles. The Bertz CT molecular complexity index is 755. The lowest BCUT2D eigenvalue weighted by molar-refractivity contribution is 0.0763. The van der Waals surface area contributed by atoms with Crippen molar-refractivity contribution in [2.75, 3.05) is 26.2 Å². The number of hydrogen-bond acceptors (Lipinski definition) is 4. The minimum absolute atomic E-state index is 0. The first-order chi connectivity index (χ1) is 11.5. The Labute approximate surface area is 159 Å². The number of halogens is 1. The van der Waals surface area contributed by atoms with Gasteiger partial charge in [-0.05, 0) is 49.8 Å². The number of likely N-dealkylation sites (tertiary alicyclic amines) is 1. The van der Waals surface area contributed by atoms with Crippen molar-refractivity contribution in [2.24, 2.45) is 18.9 Å². The van der Waals surface area contributed by atoms with Crippen LogP contribution in [-0.2, 0) is 7.05 Å². The van der Waals surface area contributed by atoms with Gasteiger partial charge in [-0.25, -0.2) is 0 Å². The Balaban J connectivity index is 0.00000182. The summed E-state index contributed by atoms with van der Waals surface area (Å²) in [5, 5.41) is 9.25. The van der Waals surface area contributed by atoms with Crippen LogP contribution in [0.5, 0.6) is 0 Å². The van der Waals surface area contributed by atoms with Crippen LogP contribution in [0.2, 0.25) is 0 Å². The van der Waals surface area contributed by atoms with Crippen molar-refractivity contribution in [1.29, 1.82) is 0 Å². The van der Waals surface area contributed by atoms with Gasteiger partial charge in [0.1, 0.15) is 4.83 Å². The SMILES string of the molecule is CC(C)c1nn(C)c2sc(C(=O)N3CC[C@@H]4CNC[C@@H]4CC3)cc12.Cl. The van der Waals surface area contributed by atoms with Crippen molar-refractivity contribution >= 4 is 39.9 Å². The third kappa shape index (κ3) is 3.32. The lowest BCUT2D eigenvalue weighted by Crippen LogP contribution is -2.32. The van der Waals surface area contributed by atoms with Crippen LogP contribution in [-0.4, -0.2) is 46.8 Å². The molecule has 1 N–H and O–H groups in total. The maximum absolute atomic E-state index is 13.0. The Morgan fingerprint density at radius 2 is 1.92 bits per heavy atom. The molecule has 0 spiro atoms. The van der Waals surface area contributed by atoms with Crippen LogP contribution in [0.15, 0.2) is 6.07 Å². The molecule has 0 radical (unpaired) electrons. The molecule has 4 rings (SSSR count). The third-order valence-electron chi connectivity index (χ3n) is 5.60. The van der Waals surface area contributed by atoms with E-state index in [0.29, 0.717) is 5.92 Å². The molecular formula is C18H27ClN4OS. The van der Waals surface area contributed by atoms with Gasteiger partial charge in [0.25, 0.3) is 5.91 Å². The van der Waals surface area contributed by atoms with Crippen molar-refractivity contribution < 1.29 is 4.79 Å². The van der Waals surface area contributed by atoms with E-state index in [1.54, 1.807) is 11.3 Å². The molecule has 5 nitrogen and oxygen atoms in total. The van der Waals surface area contributed by atoms with Crippen LogP contribution < -0.4 is 5.32 Å². The highest BCUT2D eigenvalue weighted by Crippen LogP contribution is 2.33. The van der Waals surface area contributed by atoms with E-state index in [1.165, 1.54) is 0 Å². The van der Waals surface area contributed by atoms with Gasteiger partial charge in [-0.1, -0.05) is 13.8 Å². The van der Waals surface area contributed by atoms with Gasteiger partial charge >= 0.3 is 0 Å². The average molecular weight is 383 g/mol. The molecule has 0 aliphatic carbocycles. The lowest BCUT2D eigenvalue weighted by Gasteiger charge is -2.20. The molecule has 2 aliphatic heterocycles. The van der Waals surface area contributed by atoms with Crippen LogP contribution in [0.1, 0.15) is 48.0 Å². The minimum Gasteiger partial charge on any atom is -0.338 e. The number of hydrogen-bond donors (Lipinski definition) is 1. The summed E-state index contributed by atoms with van der Waals surface area (Å²) in [5.41, 5.74) is 1.10. The first kappa shape index (κ1) is 18.7. The maximum atomic E-state index is 13.0. The van der Waals surface area contributed by atoms with E-state index in [4.69, 9.17) is 0 Å². The number of fused-ring (bicyclic) bond motifs is 2. The summed E-state index contributed by atoms with van der Waals surface area (Å²) in [4.78, 5) is 17.1. The highest BCUT2D eigenvalue weighted by molar-refractivity contribution is 7.20. The number of aromatic nitrogens is 2. The molecule has 7 heteroatoms. The van der Waals surface area contributed by atoms with Crippen LogP contribution in [0, 0.1) is 11.8 Å². The fourth-order valence-corrected chi connectivity index (χ4v) is 5.22. The minimum atomic E-state index is 0. The first-order valence-corrected chi connectivity index (χ1v) is 9.82. The van der Waals surface area contributed by atoms with Crippen molar-refractivity contribution in [3.05, 3.63) is 16.6 Å². The molecule has 2 atom stereocenters. The first-order valence-electron chi connectivity index (χ1n) is 9.01. The summed E-state index contributed by atoms with van der Waals surface area (Å²) in [6.07, 6.45) is 2.26. The highest BCUT2D eigenvalue weighted by Gasteiger charge is 2.32. The summed E-state index contributed by atoms with van der Waals surface area (Å²) >= 11 is 1.59. The Hall–Kier alpha value is -1.11. The summed E-state index contributed by atoms with van der Waals surface area (Å²) in [6.45, 7) is 8.35. The molecule has 2 aliphatic rings. The molecule has 2 aromatic heterocycles. The van der Waals surface area contributed by atoms with Crippen LogP contribution in [0.3, 0.4) is 0 Å². The zero-order chi connectivity index (χ0) is 16.8. The van der Waals surface area contributed by atoms with Gasteiger partial charge < -0.3 is 10.2 Å². The molecule has 2 saturated heterocycles. The van der Waals surface area contributed by atoms with Crippen molar-refractivity contribution in [1.82, 2.24) is 20.0 Å². The van der Waals surface area contributed by atoms with E-state index in [2.05, 4.69) is 35.2 Å². The average Bonchev–Trinajstić information content (AvgIpc) is 3.21. The summed E-state index contributed by atoms with van der Waals surface area (Å²) in [7, 11) is 1.97. The second-order valence-electron chi connectivity index (χ2n) is 7.54. The topological polar surface area (TPSA) is 50.2 Å². The second kappa shape index (κ2) is 7.25. The second-order valence-corrected chi connectivity index (χ2v) is 8.57. The summed E-state index contributed by atoms with van der Waals surface area (Å²) in [5.74, 6) is 2.08. The number of carbonyl (C=O) groups is 1. The van der Waals surface area contributed by atoms with E-state index in [9.17, 15) is 4.79 Å². The van der Waals surface area contributed by atoms with Gasteiger partial charge in [0, 0.05) is 25.5 Å². The number of nitrogens with one attached hydrogen (secondary N) is 1. The van der Waals surface area contributed by atoms with Crippen LogP contribution in [0.25, 0.3) is 10.2 Å². The standard InChI is InChI=1S/C18H26N4OS.ClH/c1-11(2)16-14-8-15(24-18(14)21(3)20-16)17(23)22-6-4-12-9-19-10-13(12)5-7-22;/h8,11-13,19H,4-7,9-10H2,1-3H3;1H/t12-,13+;. The number of nitrogens with zero attached hydrogens (tertiary/aromatic N) is 3. The molecule has 0 aromatic carbocycles. The predicted molar refractivity (Wildman–Crippen MR) is 105 cm³/mol. The number of aryl methyl sites for hydroxylation is 1. The Kier molecular flexibility index (Phi) is 5.42. The quantitative estimate of drug-likeness (QED) is 0.867. The van der Waals surface area contributed by atoms with Crippen molar-refractivity contribution in [3.8, 4) is 0 Å². The fourth-order valence-electron chi connectivity index (χ4n) is 4.18. The Morgan fingerprint density at radius 1 is 1.28 bits per heavy atom. The molecule has 0 unspecified atom stereocenters. The van der Waals surface area contributed by atoms with E-state index in [1.807, 2.05) is 11.7 Å². The van der Waals surface area contributed by atoms with Gasteiger partial charge in [0.05, 0.1) is 10.6 Å².